The van der Waals surface area contributed by atoms with Crippen LogP contribution in [0.5, 0.6) is 0 Å². The highest BCUT2D eigenvalue weighted by atomic mass is 19.1. The summed E-state index contributed by atoms with van der Waals surface area (Å²) in [6.45, 7) is 3.41. The standard InChI is InChI=1S/C16H22F2N2O3/c1-4-5-14(12-7-6-11(17)8-13(12)18)19-16(23)20(3)9-10(2)15(21)22/h6-8,10,14H,4-5,9H2,1-3H3,(H,19,23)(H,21,22). The van der Waals surface area contributed by atoms with Gasteiger partial charge < -0.3 is 15.3 Å². The number of hydrogen-bond acceptors (Lipinski definition) is 2. The van der Waals surface area contributed by atoms with E-state index >= 15 is 0 Å². The largest absolute Gasteiger partial charge is 0.481 e. The number of nitrogens with zero attached hydrogens (tertiary/aromatic N) is 1. The average Bonchev–Trinajstić information content (AvgIpc) is 2.46. The lowest BCUT2D eigenvalue weighted by atomic mass is 10.0. The Labute approximate surface area is 134 Å². The zero-order chi connectivity index (χ0) is 17.6. The lowest BCUT2D eigenvalue weighted by molar-refractivity contribution is -0.141. The highest BCUT2D eigenvalue weighted by molar-refractivity contribution is 5.76. The number of benzene rings is 1. The number of aliphatic carboxylic acids is 1. The maximum Gasteiger partial charge on any atom is 0.317 e. The molecular formula is C16H22F2N2O3. The topological polar surface area (TPSA) is 69.6 Å². The monoisotopic (exact) mass is 328 g/mol. The van der Waals surface area contributed by atoms with Crippen molar-refractivity contribution in [2.24, 2.45) is 5.92 Å². The summed E-state index contributed by atoms with van der Waals surface area (Å²) < 4.78 is 26.9. The molecule has 2 unspecified atom stereocenters. The van der Waals surface area contributed by atoms with Crippen molar-refractivity contribution in [1.82, 2.24) is 10.2 Å². The Bertz CT molecular complexity index is 566. The van der Waals surface area contributed by atoms with Crippen LogP contribution in [-0.2, 0) is 4.79 Å². The van der Waals surface area contributed by atoms with Gasteiger partial charge in [-0.1, -0.05) is 26.3 Å². The highest BCUT2D eigenvalue weighted by Gasteiger charge is 2.22. The molecule has 0 saturated carbocycles. The van der Waals surface area contributed by atoms with Gasteiger partial charge >= 0.3 is 12.0 Å². The van der Waals surface area contributed by atoms with E-state index in [9.17, 15) is 18.4 Å². The fourth-order valence-corrected chi connectivity index (χ4v) is 2.21. The van der Waals surface area contributed by atoms with Crippen molar-refractivity contribution in [3.8, 4) is 0 Å². The SMILES string of the molecule is CCCC(NC(=O)N(C)CC(C)C(=O)O)c1ccc(F)cc1F. The molecular weight excluding hydrogens is 306 g/mol. The van der Waals surface area contributed by atoms with Crippen molar-refractivity contribution in [2.75, 3.05) is 13.6 Å². The molecule has 1 rings (SSSR count). The van der Waals surface area contributed by atoms with Gasteiger partial charge in [0.1, 0.15) is 11.6 Å². The molecule has 0 aliphatic carbocycles. The minimum atomic E-state index is -1.00. The van der Waals surface area contributed by atoms with E-state index in [1.54, 1.807) is 0 Å². The summed E-state index contributed by atoms with van der Waals surface area (Å²) >= 11 is 0. The fraction of sp³-hybridized carbons (Fsp3) is 0.500. The predicted molar refractivity (Wildman–Crippen MR) is 82.0 cm³/mol. The second-order valence-corrected chi connectivity index (χ2v) is 5.58. The van der Waals surface area contributed by atoms with E-state index < -0.39 is 35.6 Å². The second-order valence-electron chi connectivity index (χ2n) is 5.58. The Balaban J connectivity index is 2.82. The van der Waals surface area contributed by atoms with E-state index in [-0.39, 0.29) is 12.1 Å². The quantitative estimate of drug-likeness (QED) is 0.808. The van der Waals surface area contributed by atoms with E-state index in [1.807, 2.05) is 6.92 Å². The Morgan fingerprint density at radius 3 is 2.52 bits per heavy atom. The van der Waals surface area contributed by atoms with Crippen molar-refractivity contribution < 1.29 is 23.5 Å². The molecule has 0 heterocycles. The fourth-order valence-electron chi connectivity index (χ4n) is 2.21. The molecule has 0 radical (unpaired) electrons. The molecule has 0 bridgehead atoms. The molecule has 23 heavy (non-hydrogen) atoms. The third kappa shape index (κ3) is 5.50. The molecule has 0 spiro atoms. The summed E-state index contributed by atoms with van der Waals surface area (Å²) in [4.78, 5) is 24.2. The number of hydrogen-bond donors (Lipinski definition) is 2. The lowest BCUT2D eigenvalue weighted by Crippen LogP contribution is -2.42. The zero-order valence-corrected chi connectivity index (χ0v) is 13.5. The van der Waals surface area contributed by atoms with Crippen LogP contribution >= 0.6 is 0 Å². The van der Waals surface area contributed by atoms with Gasteiger partial charge in [0.2, 0.25) is 0 Å². The predicted octanol–water partition coefficient (Wildman–Crippen LogP) is 3.17. The first kappa shape index (κ1) is 18.9. The average molecular weight is 328 g/mol. The molecule has 128 valence electrons. The van der Waals surface area contributed by atoms with Crippen molar-refractivity contribution >= 4 is 12.0 Å². The number of rotatable bonds is 7. The molecule has 0 fully saturated rings. The lowest BCUT2D eigenvalue weighted by Gasteiger charge is -2.25. The van der Waals surface area contributed by atoms with Gasteiger partial charge in [-0.2, -0.15) is 0 Å². The third-order valence-electron chi connectivity index (χ3n) is 3.53. The maximum atomic E-state index is 13.9. The summed E-state index contributed by atoms with van der Waals surface area (Å²) in [5, 5.41) is 11.5. The second kappa shape index (κ2) is 8.45. The molecule has 0 aliphatic heterocycles. The molecule has 2 N–H and O–H groups in total. The van der Waals surface area contributed by atoms with Gasteiger partial charge in [-0.05, 0) is 12.5 Å². The van der Waals surface area contributed by atoms with Crippen LogP contribution in [0.2, 0.25) is 0 Å². The molecule has 0 saturated heterocycles. The molecule has 2 amide bonds. The Kier molecular flexibility index (Phi) is 6.93. The zero-order valence-electron chi connectivity index (χ0n) is 13.5. The van der Waals surface area contributed by atoms with E-state index in [2.05, 4.69) is 5.32 Å². The van der Waals surface area contributed by atoms with Crippen molar-refractivity contribution in [3.05, 3.63) is 35.4 Å². The normalized spacial score (nSPS) is 13.3. The number of urea groups is 1. The first-order valence-electron chi connectivity index (χ1n) is 7.45. The molecule has 1 aromatic rings. The maximum absolute atomic E-state index is 13.9. The summed E-state index contributed by atoms with van der Waals surface area (Å²) in [6.07, 6.45) is 1.17. The number of carbonyl (C=O) groups excluding carboxylic acids is 1. The number of amides is 2. The van der Waals surface area contributed by atoms with Crippen LogP contribution in [0.1, 0.15) is 38.3 Å². The number of carboxylic acids is 1. The Morgan fingerprint density at radius 2 is 2.00 bits per heavy atom. The first-order chi connectivity index (χ1) is 10.8. The van der Waals surface area contributed by atoms with Crippen molar-refractivity contribution in [1.29, 1.82) is 0 Å². The molecule has 0 aliphatic rings. The Hall–Kier alpha value is -2.18. The molecule has 1 aromatic carbocycles. The smallest absolute Gasteiger partial charge is 0.317 e. The van der Waals surface area contributed by atoms with Crippen LogP contribution in [0.4, 0.5) is 13.6 Å². The third-order valence-corrected chi connectivity index (χ3v) is 3.53. The van der Waals surface area contributed by atoms with Crippen molar-refractivity contribution in [2.45, 2.75) is 32.7 Å². The van der Waals surface area contributed by atoms with Gasteiger partial charge in [0.15, 0.2) is 0 Å². The van der Waals surface area contributed by atoms with Crippen LogP contribution in [0.25, 0.3) is 0 Å². The van der Waals surface area contributed by atoms with Gasteiger partial charge in [-0.3, -0.25) is 4.79 Å². The van der Waals surface area contributed by atoms with Crippen LogP contribution < -0.4 is 5.32 Å². The summed E-state index contributed by atoms with van der Waals surface area (Å²) in [7, 11) is 1.47. The molecule has 5 nitrogen and oxygen atoms in total. The van der Waals surface area contributed by atoms with Crippen LogP contribution in [0.3, 0.4) is 0 Å². The van der Waals surface area contributed by atoms with Crippen LogP contribution in [0.15, 0.2) is 18.2 Å². The van der Waals surface area contributed by atoms with E-state index in [0.717, 1.165) is 12.1 Å². The number of halogens is 2. The Morgan fingerprint density at radius 1 is 1.35 bits per heavy atom. The van der Waals surface area contributed by atoms with E-state index in [1.165, 1.54) is 24.9 Å². The molecule has 0 aromatic heterocycles. The van der Waals surface area contributed by atoms with Gasteiger partial charge in [0, 0.05) is 25.2 Å². The van der Waals surface area contributed by atoms with Crippen LogP contribution in [-0.4, -0.2) is 35.6 Å². The minimum Gasteiger partial charge on any atom is -0.481 e. The number of carboxylic acid groups (broad SMARTS) is 1. The van der Waals surface area contributed by atoms with Gasteiger partial charge in [0.25, 0.3) is 0 Å². The van der Waals surface area contributed by atoms with Crippen molar-refractivity contribution in [3.63, 3.8) is 0 Å². The minimum absolute atomic E-state index is 0.0336. The highest BCUT2D eigenvalue weighted by Crippen LogP contribution is 2.22. The number of carbonyl (C=O) groups is 2. The first-order valence-corrected chi connectivity index (χ1v) is 7.45. The summed E-state index contributed by atoms with van der Waals surface area (Å²) in [5.74, 6) is -3.11. The van der Waals surface area contributed by atoms with Gasteiger partial charge in [0.05, 0.1) is 12.0 Å². The molecule has 2 atom stereocenters. The summed E-state index contributed by atoms with van der Waals surface area (Å²) in [6, 6.07) is 2.13. The summed E-state index contributed by atoms with van der Waals surface area (Å²) in [5.41, 5.74) is 0.210. The van der Waals surface area contributed by atoms with Gasteiger partial charge in [-0.15, -0.1) is 0 Å². The van der Waals surface area contributed by atoms with Crippen LogP contribution in [0, 0.1) is 17.6 Å². The van der Waals surface area contributed by atoms with E-state index in [0.29, 0.717) is 12.8 Å². The molecule has 7 heteroatoms. The van der Waals surface area contributed by atoms with Gasteiger partial charge in [-0.25, -0.2) is 13.6 Å². The van der Waals surface area contributed by atoms with E-state index in [4.69, 9.17) is 5.11 Å². The number of nitrogens with one attached hydrogen (secondary N) is 1.